The molecule has 65 valence electrons. The van der Waals surface area contributed by atoms with Gasteiger partial charge in [-0.2, -0.15) is 0 Å². The van der Waals surface area contributed by atoms with Crippen molar-refractivity contribution in [1.82, 2.24) is 5.32 Å². The highest BCUT2D eigenvalue weighted by Gasteiger charge is 1.97. The van der Waals surface area contributed by atoms with E-state index >= 15 is 0 Å². The molecule has 0 spiro atoms. The van der Waals surface area contributed by atoms with Crippen molar-refractivity contribution >= 4 is 5.91 Å². The summed E-state index contributed by atoms with van der Waals surface area (Å²) in [6.07, 6.45) is 1.41. The fraction of sp³-hybridized carbons (Fsp3) is 0.750. The predicted octanol–water partition coefficient (Wildman–Crippen LogP) is 0.753. The molecule has 0 saturated carbocycles. The molecule has 0 fully saturated rings. The average molecular weight is 158 g/mol. The summed E-state index contributed by atoms with van der Waals surface area (Å²) in [5.74, 6) is 0.0558. The van der Waals surface area contributed by atoms with Gasteiger partial charge in [0.25, 0.3) is 0 Å². The average Bonchev–Trinajstić information content (AvgIpc) is 2.01. The van der Waals surface area contributed by atoms with Crippen LogP contribution in [0.15, 0.2) is 0 Å². The van der Waals surface area contributed by atoms with Crippen LogP contribution in [0.1, 0.15) is 19.8 Å². The minimum Gasteiger partial charge on any atom is -0.381 e. The van der Waals surface area contributed by atoms with Crippen LogP contribution in [0.25, 0.3) is 0 Å². The van der Waals surface area contributed by atoms with Gasteiger partial charge in [-0.05, 0) is 13.3 Å². The molecule has 1 N–H and O–H groups in total. The van der Waals surface area contributed by atoms with E-state index in [4.69, 9.17) is 4.74 Å². The number of carbonyl (C=O) groups is 1. The number of rotatable bonds is 6. The molecule has 1 amide bonds. The zero-order valence-electron chi connectivity index (χ0n) is 7.06. The molecule has 0 heterocycles. The van der Waals surface area contributed by atoms with Gasteiger partial charge < -0.3 is 10.1 Å². The number of amides is 1. The maximum absolute atomic E-state index is 10.9. The first kappa shape index (κ1) is 10.4. The Morgan fingerprint density at radius 1 is 1.64 bits per heavy atom. The smallest absolute Gasteiger partial charge is 0.222 e. The Bertz CT molecular complexity index is 104. The largest absolute Gasteiger partial charge is 0.381 e. The summed E-state index contributed by atoms with van der Waals surface area (Å²) >= 11 is 0. The number of hydrogen-bond acceptors (Lipinski definition) is 2. The van der Waals surface area contributed by atoms with Crippen molar-refractivity contribution in [3.05, 3.63) is 6.92 Å². The fourth-order valence-corrected chi connectivity index (χ4v) is 0.620. The Hall–Kier alpha value is -0.570. The normalized spacial score (nSPS) is 9.64. The molecule has 0 aliphatic carbocycles. The molecule has 3 nitrogen and oxygen atoms in total. The fourth-order valence-electron chi connectivity index (χ4n) is 0.620. The molecule has 1 radical (unpaired) electrons. The standard InChI is InChI=1S/C8H16NO2/c1-3-6-9-8(10)5-7-11-4-2/h2-7H2,1H3,(H,9,10). The summed E-state index contributed by atoms with van der Waals surface area (Å²) in [7, 11) is 0. The number of hydrogen-bond donors (Lipinski definition) is 1. The first-order valence-electron chi connectivity index (χ1n) is 3.95. The van der Waals surface area contributed by atoms with E-state index in [0.717, 1.165) is 13.0 Å². The van der Waals surface area contributed by atoms with Gasteiger partial charge in [-0.15, -0.1) is 0 Å². The summed E-state index contributed by atoms with van der Waals surface area (Å²) in [4.78, 5) is 10.9. The van der Waals surface area contributed by atoms with Gasteiger partial charge >= 0.3 is 0 Å². The molecule has 0 bridgehead atoms. The van der Waals surface area contributed by atoms with E-state index in [1.165, 1.54) is 0 Å². The third kappa shape index (κ3) is 7.33. The lowest BCUT2D eigenvalue weighted by molar-refractivity contribution is -0.122. The number of carbonyl (C=O) groups excluding carboxylic acids is 1. The first-order valence-corrected chi connectivity index (χ1v) is 3.95. The van der Waals surface area contributed by atoms with Crippen LogP contribution in [-0.4, -0.2) is 25.7 Å². The maximum Gasteiger partial charge on any atom is 0.222 e. The van der Waals surface area contributed by atoms with Crippen LogP contribution in [0.5, 0.6) is 0 Å². The molecule has 3 heteroatoms. The van der Waals surface area contributed by atoms with Gasteiger partial charge in [0.2, 0.25) is 5.91 Å². The lowest BCUT2D eigenvalue weighted by Crippen LogP contribution is -2.24. The number of nitrogens with one attached hydrogen (secondary N) is 1. The highest BCUT2D eigenvalue weighted by atomic mass is 16.5. The quantitative estimate of drug-likeness (QED) is 0.579. The molecule has 0 rings (SSSR count). The van der Waals surface area contributed by atoms with E-state index in [0.29, 0.717) is 19.6 Å². The van der Waals surface area contributed by atoms with E-state index in [2.05, 4.69) is 12.2 Å². The third-order valence-corrected chi connectivity index (χ3v) is 1.19. The Kier molecular flexibility index (Phi) is 7.15. The second-order valence-corrected chi connectivity index (χ2v) is 2.21. The van der Waals surface area contributed by atoms with Crippen molar-refractivity contribution in [3.63, 3.8) is 0 Å². The van der Waals surface area contributed by atoms with Crippen LogP contribution in [0.2, 0.25) is 0 Å². The molecule has 0 saturated heterocycles. The molecular formula is C8H16NO2. The zero-order chi connectivity index (χ0) is 8.53. The van der Waals surface area contributed by atoms with Crippen molar-refractivity contribution in [2.75, 3.05) is 19.8 Å². The predicted molar refractivity (Wildman–Crippen MR) is 44.1 cm³/mol. The summed E-state index contributed by atoms with van der Waals surface area (Å²) < 4.78 is 4.91. The molecule has 0 atom stereocenters. The van der Waals surface area contributed by atoms with Crippen molar-refractivity contribution in [3.8, 4) is 0 Å². The third-order valence-electron chi connectivity index (χ3n) is 1.19. The lowest BCUT2D eigenvalue weighted by atomic mass is 10.4. The molecule has 0 aromatic carbocycles. The van der Waals surface area contributed by atoms with Gasteiger partial charge in [-0.25, -0.2) is 0 Å². The van der Waals surface area contributed by atoms with Crippen molar-refractivity contribution < 1.29 is 9.53 Å². The van der Waals surface area contributed by atoms with Crippen LogP contribution in [0.4, 0.5) is 0 Å². The molecular weight excluding hydrogens is 142 g/mol. The zero-order valence-corrected chi connectivity index (χ0v) is 7.06. The summed E-state index contributed by atoms with van der Waals surface area (Å²) in [6.45, 7) is 7.17. The monoisotopic (exact) mass is 158 g/mol. The number of ether oxygens (including phenoxy) is 1. The van der Waals surface area contributed by atoms with Gasteiger partial charge in [0.15, 0.2) is 0 Å². The Morgan fingerprint density at radius 3 is 2.91 bits per heavy atom. The van der Waals surface area contributed by atoms with Crippen molar-refractivity contribution in [1.29, 1.82) is 0 Å². The van der Waals surface area contributed by atoms with Crippen LogP contribution in [0, 0.1) is 6.92 Å². The second-order valence-electron chi connectivity index (χ2n) is 2.21. The van der Waals surface area contributed by atoms with Crippen molar-refractivity contribution in [2.45, 2.75) is 19.8 Å². The molecule has 0 aliphatic heterocycles. The highest BCUT2D eigenvalue weighted by Crippen LogP contribution is 1.82. The lowest BCUT2D eigenvalue weighted by Gasteiger charge is -2.02. The summed E-state index contributed by atoms with van der Waals surface area (Å²) in [5, 5.41) is 2.75. The minimum atomic E-state index is 0.0558. The van der Waals surface area contributed by atoms with Gasteiger partial charge in [0, 0.05) is 19.6 Å². The van der Waals surface area contributed by atoms with E-state index in [-0.39, 0.29) is 5.91 Å². The maximum atomic E-state index is 10.9. The Balaban J connectivity index is 3.09. The Labute approximate surface area is 68.1 Å². The van der Waals surface area contributed by atoms with Crippen LogP contribution in [-0.2, 0) is 9.53 Å². The molecule has 0 aromatic rings. The van der Waals surface area contributed by atoms with E-state index in [1.807, 2.05) is 6.92 Å². The molecule has 0 aromatic heterocycles. The molecule has 0 unspecified atom stereocenters. The summed E-state index contributed by atoms with van der Waals surface area (Å²) in [5.41, 5.74) is 0. The summed E-state index contributed by atoms with van der Waals surface area (Å²) in [6, 6.07) is 0. The topological polar surface area (TPSA) is 38.3 Å². The van der Waals surface area contributed by atoms with Gasteiger partial charge in [-0.3, -0.25) is 4.79 Å². The minimum absolute atomic E-state index is 0.0558. The van der Waals surface area contributed by atoms with E-state index in [9.17, 15) is 4.79 Å². The highest BCUT2D eigenvalue weighted by molar-refractivity contribution is 5.75. The SMILES string of the molecule is [CH2]COCCC(=O)NCCC. The Morgan fingerprint density at radius 2 is 2.36 bits per heavy atom. The van der Waals surface area contributed by atoms with Crippen LogP contribution < -0.4 is 5.32 Å². The first-order chi connectivity index (χ1) is 5.31. The van der Waals surface area contributed by atoms with Crippen LogP contribution >= 0.6 is 0 Å². The van der Waals surface area contributed by atoms with E-state index < -0.39 is 0 Å². The van der Waals surface area contributed by atoms with Crippen LogP contribution in [0.3, 0.4) is 0 Å². The van der Waals surface area contributed by atoms with Gasteiger partial charge in [0.1, 0.15) is 0 Å². The van der Waals surface area contributed by atoms with E-state index in [1.54, 1.807) is 0 Å². The molecule has 11 heavy (non-hydrogen) atoms. The molecule has 0 aliphatic rings. The van der Waals surface area contributed by atoms with Gasteiger partial charge in [-0.1, -0.05) is 6.92 Å². The van der Waals surface area contributed by atoms with Gasteiger partial charge in [0.05, 0.1) is 6.61 Å². The second kappa shape index (κ2) is 7.54. The van der Waals surface area contributed by atoms with Crippen molar-refractivity contribution in [2.24, 2.45) is 0 Å².